The highest BCUT2D eigenvalue weighted by Crippen LogP contribution is 2.35. The second kappa shape index (κ2) is 7.19. The van der Waals surface area contributed by atoms with E-state index in [9.17, 15) is 4.79 Å². The van der Waals surface area contributed by atoms with E-state index in [0.29, 0.717) is 12.1 Å². The van der Waals surface area contributed by atoms with Crippen LogP contribution in [0.15, 0.2) is 30.5 Å². The molecule has 0 saturated carbocycles. The van der Waals surface area contributed by atoms with Crippen LogP contribution in [-0.2, 0) is 23.7 Å². The number of nitrogens with one attached hydrogen (secondary N) is 1. The Kier molecular flexibility index (Phi) is 5.61. The van der Waals surface area contributed by atoms with Crippen molar-refractivity contribution in [3.8, 4) is 0 Å². The van der Waals surface area contributed by atoms with Crippen molar-refractivity contribution >= 4 is 5.78 Å². The van der Waals surface area contributed by atoms with Gasteiger partial charge < -0.3 is 4.98 Å². The molecule has 0 fully saturated rings. The molecule has 0 spiro atoms. The van der Waals surface area contributed by atoms with Crippen LogP contribution in [0.2, 0.25) is 0 Å². The Morgan fingerprint density at radius 3 is 1.96 bits per heavy atom. The second-order valence-corrected chi connectivity index (χ2v) is 9.03. The molecule has 0 atom stereocenters. The Bertz CT molecular complexity index is 689. The number of hydrogen-bond donors (Lipinski definition) is 1. The molecule has 1 aromatic heterocycles. The highest BCUT2D eigenvalue weighted by molar-refractivity contribution is 5.94. The lowest BCUT2D eigenvalue weighted by molar-refractivity contribution is 0.0978. The third-order valence-electron chi connectivity index (χ3n) is 4.82. The number of hydrogen-bond acceptors (Lipinski definition) is 1. The summed E-state index contributed by atoms with van der Waals surface area (Å²) in [7, 11) is 0. The van der Waals surface area contributed by atoms with Gasteiger partial charge in [0.25, 0.3) is 0 Å². The summed E-state index contributed by atoms with van der Waals surface area (Å²) < 4.78 is 0. The fraction of sp³-hybridized carbons (Fsp3) is 0.522. The van der Waals surface area contributed by atoms with E-state index in [1.807, 2.05) is 12.1 Å². The number of Topliss-reactive ketones (excluding diaryl/α,β-unsaturated/α-hetero) is 1. The molecule has 25 heavy (non-hydrogen) atoms. The summed E-state index contributed by atoms with van der Waals surface area (Å²) in [5, 5.41) is 0. The number of rotatable bonds is 5. The van der Waals surface area contributed by atoms with Gasteiger partial charge in [-0.15, -0.1) is 0 Å². The van der Waals surface area contributed by atoms with Gasteiger partial charge in [0.1, 0.15) is 0 Å². The molecule has 1 heterocycles. The highest BCUT2D eigenvalue weighted by atomic mass is 16.1. The average molecular weight is 340 g/mol. The molecule has 0 saturated heterocycles. The minimum atomic E-state index is 0.102. The molecule has 0 unspecified atom stereocenters. The summed E-state index contributed by atoms with van der Waals surface area (Å²) >= 11 is 0. The summed E-state index contributed by atoms with van der Waals surface area (Å²) in [5.74, 6) is 0.180. The summed E-state index contributed by atoms with van der Waals surface area (Å²) in [4.78, 5) is 15.3. The zero-order valence-electron chi connectivity index (χ0n) is 16.9. The number of aryl methyl sites for hydroxylation is 1. The number of aromatic amines is 1. The van der Waals surface area contributed by atoms with Gasteiger partial charge in [0.05, 0.1) is 5.69 Å². The molecule has 0 bridgehead atoms. The molecule has 1 N–H and O–H groups in total. The Morgan fingerprint density at radius 2 is 1.56 bits per heavy atom. The summed E-state index contributed by atoms with van der Waals surface area (Å²) in [6.07, 6.45) is 4.17. The number of benzene rings is 1. The summed E-state index contributed by atoms with van der Waals surface area (Å²) in [6, 6.07) is 8.38. The number of H-pyrrole nitrogens is 1. The highest BCUT2D eigenvalue weighted by Gasteiger charge is 2.25. The SMILES string of the molecule is CCc1c(C(C)(C)C)cc(CCC(=O)c2ccc[nH]2)cc1C(C)(C)C. The minimum absolute atomic E-state index is 0.102. The molecule has 0 aliphatic rings. The maximum atomic E-state index is 12.3. The van der Waals surface area contributed by atoms with E-state index in [4.69, 9.17) is 0 Å². The van der Waals surface area contributed by atoms with E-state index in [1.54, 1.807) is 6.20 Å². The molecule has 2 aromatic rings. The predicted octanol–water partition coefficient (Wildman–Crippen LogP) is 5.99. The lowest BCUT2D eigenvalue weighted by Crippen LogP contribution is -2.21. The van der Waals surface area contributed by atoms with Gasteiger partial charge in [-0.1, -0.05) is 60.6 Å². The topological polar surface area (TPSA) is 32.9 Å². The molecule has 0 aliphatic carbocycles. The minimum Gasteiger partial charge on any atom is -0.359 e. The van der Waals surface area contributed by atoms with Crippen molar-refractivity contribution in [2.24, 2.45) is 0 Å². The van der Waals surface area contributed by atoms with Crippen LogP contribution in [0, 0.1) is 0 Å². The van der Waals surface area contributed by atoms with E-state index in [0.717, 1.165) is 12.8 Å². The first kappa shape index (κ1) is 19.5. The lowest BCUT2D eigenvalue weighted by atomic mass is 9.74. The zero-order chi connectivity index (χ0) is 18.8. The monoisotopic (exact) mass is 339 g/mol. The van der Waals surface area contributed by atoms with Crippen molar-refractivity contribution in [2.75, 3.05) is 0 Å². The third kappa shape index (κ3) is 4.62. The summed E-state index contributed by atoms with van der Waals surface area (Å²) in [5.41, 5.74) is 6.49. The third-order valence-corrected chi connectivity index (χ3v) is 4.82. The van der Waals surface area contributed by atoms with Gasteiger partial charge >= 0.3 is 0 Å². The van der Waals surface area contributed by atoms with Gasteiger partial charge in [-0.25, -0.2) is 0 Å². The number of carbonyl (C=O) groups is 1. The standard InChI is InChI=1S/C23H33NO/c1-8-17-18(22(2,3)4)14-16(15-19(17)23(5,6)7)11-12-21(25)20-10-9-13-24-20/h9-10,13-15,24H,8,11-12H2,1-7H3. The smallest absolute Gasteiger partial charge is 0.179 e. The van der Waals surface area contributed by atoms with Gasteiger partial charge in [0.15, 0.2) is 5.78 Å². The van der Waals surface area contributed by atoms with E-state index in [-0.39, 0.29) is 16.6 Å². The molecular formula is C23H33NO. The molecule has 136 valence electrons. The van der Waals surface area contributed by atoms with E-state index in [1.165, 1.54) is 22.3 Å². The predicted molar refractivity (Wildman–Crippen MR) is 107 cm³/mol. The summed E-state index contributed by atoms with van der Waals surface area (Å²) in [6.45, 7) is 15.9. The maximum absolute atomic E-state index is 12.3. The van der Waals surface area contributed by atoms with Crippen LogP contribution in [-0.4, -0.2) is 10.8 Å². The second-order valence-electron chi connectivity index (χ2n) is 9.03. The van der Waals surface area contributed by atoms with Gasteiger partial charge in [-0.2, -0.15) is 0 Å². The fourth-order valence-corrected chi connectivity index (χ4v) is 3.49. The van der Waals surface area contributed by atoms with Crippen molar-refractivity contribution < 1.29 is 4.79 Å². The van der Waals surface area contributed by atoms with Crippen molar-refractivity contribution in [3.05, 3.63) is 58.4 Å². The normalized spacial score (nSPS) is 12.4. The Balaban J connectivity index is 2.39. The average Bonchev–Trinajstić information content (AvgIpc) is 3.04. The first-order valence-electron chi connectivity index (χ1n) is 9.37. The van der Waals surface area contributed by atoms with Crippen molar-refractivity contribution in [1.82, 2.24) is 4.98 Å². The van der Waals surface area contributed by atoms with Crippen molar-refractivity contribution in [1.29, 1.82) is 0 Å². The molecule has 2 heteroatoms. The molecule has 0 amide bonds. The van der Waals surface area contributed by atoms with Gasteiger partial charge in [-0.05, 0) is 58.1 Å². The Labute approximate surface area is 153 Å². The quantitative estimate of drug-likeness (QED) is 0.667. The number of ketones is 1. The molecular weight excluding hydrogens is 306 g/mol. The van der Waals surface area contributed by atoms with Crippen LogP contribution in [0.25, 0.3) is 0 Å². The van der Waals surface area contributed by atoms with Crippen molar-refractivity contribution in [2.45, 2.75) is 78.6 Å². The number of carbonyl (C=O) groups excluding carboxylic acids is 1. The maximum Gasteiger partial charge on any atom is 0.179 e. The van der Waals surface area contributed by atoms with Crippen LogP contribution in [0.4, 0.5) is 0 Å². The lowest BCUT2D eigenvalue weighted by Gasteiger charge is -2.31. The number of aromatic nitrogens is 1. The molecule has 0 aliphatic heterocycles. The Hall–Kier alpha value is -1.83. The van der Waals surface area contributed by atoms with Crippen LogP contribution in [0.3, 0.4) is 0 Å². The van der Waals surface area contributed by atoms with E-state index < -0.39 is 0 Å². The Morgan fingerprint density at radius 1 is 1.00 bits per heavy atom. The largest absolute Gasteiger partial charge is 0.359 e. The van der Waals surface area contributed by atoms with Gasteiger partial charge in [-0.3, -0.25) is 4.79 Å². The first-order valence-corrected chi connectivity index (χ1v) is 9.37. The van der Waals surface area contributed by atoms with Gasteiger partial charge in [0.2, 0.25) is 0 Å². The van der Waals surface area contributed by atoms with Crippen LogP contribution < -0.4 is 0 Å². The first-order chi connectivity index (χ1) is 11.5. The molecule has 2 rings (SSSR count). The molecule has 1 aromatic carbocycles. The fourth-order valence-electron chi connectivity index (χ4n) is 3.49. The molecule has 0 radical (unpaired) electrons. The van der Waals surface area contributed by atoms with Crippen LogP contribution >= 0.6 is 0 Å². The van der Waals surface area contributed by atoms with Crippen molar-refractivity contribution in [3.63, 3.8) is 0 Å². The van der Waals surface area contributed by atoms with Crippen LogP contribution in [0.1, 0.15) is 87.6 Å². The molecule has 2 nitrogen and oxygen atoms in total. The van der Waals surface area contributed by atoms with E-state index >= 15 is 0 Å². The van der Waals surface area contributed by atoms with Gasteiger partial charge in [0, 0.05) is 12.6 Å². The van der Waals surface area contributed by atoms with E-state index in [2.05, 4.69) is 65.6 Å². The van der Waals surface area contributed by atoms with Crippen LogP contribution in [0.5, 0.6) is 0 Å². The zero-order valence-corrected chi connectivity index (χ0v) is 16.9.